The van der Waals surface area contributed by atoms with E-state index in [2.05, 4.69) is 22.6 Å². The molecule has 9 heteroatoms. The van der Waals surface area contributed by atoms with Crippen LogP contribution in [-0.2, 0) is 43.0 Å². The van der Waals surface area contributed by atoms with Gasteiger partial charge in [-0.1, -0.05) is 108 Å². The van der Waals surface area contributed by atoms with Crippen molar-refractivity contribution >= 4 is 41.0 Å². The molecule has 0 aromatic heterocycles. The number of ketones is 6. The molecule has 0 heterocycles. The lowest BCUT2D eigenvalue weighted by Crippen LogP contribution is -1.97. The molecule has 0 radical (unpaired) electrons. The third kappa shape index (κ3) is 573. The van der Waals surface area contributed by atoms with Crippen molar-refractivity contribution in [1.82, 2.24) is 0 Å². The number of carbonyl (C=O) groups is 7. The van der Waals surface area contributed by atoms with E-state index >= 15 is 0 Å². The second-order valence-corrected chi connectivity index (χ2v) is 7.13. The topological polar surface area (TPSA) is 138 Å². The molecular formula is C40H100O9. The van der Waals surface area contributed by atoms with Crippen molar-refractivity contribution < 1.29 is 43.0 Å². The Morgan fingerprint density at radius 3 is 0.735 bits per heavy atom. The quantitative estimate of drug-likeness (QED) is 0.122. The summed E-state index contributed by atoms with van der Waals surface area (Å²) in [4.78, 5) is 68.5. The molecule has 0 rings (SSSR count). The van der Waals surface area contributed by atoms with Crippen molar-refractivity contribution in [2.75, 3.05) is 27.4 Å². The van der Waals surface area contributed by atoms with E-state index in [1.165, 1.54) is 34.6 Å². The summed E-state index contributed by atoms with van der Waals surface area (Å²) < 4.78 is 9.11. The third-order valence-electron chi connectivity index (χ3n) is 2.37. The SMILES string of the molecule is C.C.C.C.C.C.C.C.C.C.C.C.C=CCC(C)=O.C=CCOC.CC(=O)CC(C)=O.CC(=O)CC=O.CC(C)=O.CCC(C)=O.CCOC. The average Bonchev–Trinajstić information content (AvgIpc) is 2.74. The number of ether oxygens (including phenoxy) is 2. The number of carbonyl (C=O) groups excluding carboxylic acids is 7. The summed E-state index contributed by atoms with van der Waals surface area (Å²) in [7, 11) is 3.32. The van der Waals surface area contributed by atoms with Crippen LogP contribution in [0.3, 0.4) is 0 Å². The van der Waals surface area contributed by atoms with Crippen molar-refractivity contribution in [2.45, 2.75) is 177 Å². The van der Waals surface area contributed by atoms with Crippen molar-refractivity contribution in [3.63, 3.8) is 0 Å². The normalized spacial score (nSPS) is 5.69. The fourth-order valence-electron chi connectivity index (χ4n) is 0.789. The summed E-state index contributed by atoms with van der Waals surface area (Å²) in [5.41, 5.74) is 0. The molecule has 0 unspecified atom stereocenters. The van der Waals surface area contributed by atoms with E-state index in [0.29, 0.717) is 25.7 Å². The molecule has 0 saturated heterocycles. The molecular weight excluding hydrogens is 624 g/mol. The highest BCUT2D eigenvalue weighted by Crippen LogP contribution is 1.80. The summed E-state index contributed by atoms with van der Waals surface area (Å²) >= 11 is 0. The third-order valence-corrected chi connectivity index (χ3v) is 2.37. The largest absolute Gasteiger partial charge is 0.385 e. The van der Waals surface area contributed by atoms with Crippen LogP contribution in [0.2, 0.25) is 0 Å². The number of hydrogen-bond donors (Lipinski definition) is 0. The second kappa shape index (κ2) is 129. The van der Waals surface area contributed by atoms with Gasteiger partial charge in [0.05, 0.1) is 19.4 Å². The maximum Gasteiger partial charge on any atom is 0.137 e. The van der Waals surface area contributed by atoms with Gasteiger partial charge < -0.3 is 23.9 Å². The number of hydrogen-bond acceptors (Lipinski definition) is 9. The molecule has 0 amide bonds. The fourth-order valence-corrected chi connectivity index (χ4v) is 0.789. The average molecular weight is 725 g/mol. The van der Waals surface area contributed by atoms with E-state index in [-0.39, 0.29) is 137 Å². The van der Waals surface area contributed by atoms with Gasteiger partial charge in [0.25, 0.3) is 0 Å². The van der Waals surface area contributed by atoms with Crippen molar-refractivity contribution in [1.29, 1.82) is 0 Å². The highest BCUT2D eigenvalue weighted by atomic mass is 16.5. The molecule has 0 aromatic rings. The van der Waals surface area contributed by atoms with E-state index in [0.717, 1.165) is 6.61 Å². The Morgan fingerprint density at radius 1 is 0.490 bits per heavy atom. The van der Waals surface area contributed by atoms with E-state index in [4.69, 9.17) is 0 Å². The van der Waals surface area contributed by atoms with Crippen LogP contribution in [0, 0.1) is 0 Å². The molecule has 0 fully saturated rings. The Kier molecular flexibility index (Phi) is 336. The lowest BCUT2D eigenvalue weighted by atomic mass is 10.2. The smallest absolute Gasteiger partial charge is 0.137 e. The highest BCUT2D eigenvalue weighted by Gasteiger charge is 1.94. The second-order valence-electron chi connectivity index (χ2n) is 7.13. The molecule has 9 nitrogen and oxygen atoms in total. The van der Waals surface area contributed by atoms with E-state index in [1.807, 2.05) is 13.8 Å². The van der Waals surface area contributed by atoms with Gasteiger partial charge in [-0.2, -0.15) is 0 Å². The Bertz CT molecular complexity index is 573. The first-order chi connectivity index (χ1) is 17.0. The van der Waals surface area contributed by atoms with E-state index < -0.39 is 0 Å². The molecule has 0 aliphatic carbocycles. The molecule has 0 aliphatic heterocycles. The predicted molar refractivity (Wildman–Crippen MR) is 231 cm³/mol. The minimum absolute atomic E-state index is 0. The summed E-state index contributed by atoms with van der Waals surface area (Å²) in [6.45, 7) is 22.5. The standard InChI is InChI=1S/C5H8O2.C5H8O.C4H6O2.2C4H8O.C3H8O.C3H6O.12CH4/c1-4(6)3-5(2)7;1-3-4-5(2)6;1-4(6)2-3-5;1-3-4-5-2;1-3-4(2)5;1-3-4-2;1-3(2)4;;;;;;;;;;;;/h3H2,1-2H3;3H,1,4H2,2H3;3H,2H2,1H3;3H,1,4H2,2H3;3H2,1-2H3;3H2,1-2H3;1-2H3;12*1H4. The fraction of sp³-hybridized carbons (Fsp3) is 0.725. The van der Waals surface area contributed by atoms with Crippen LogP contribution < -0.4 is 0 Å². The van der Waals surface area contributed by atoms with Crippen molar-refractivity contribution in [2.24, 2.45) is 0 Å². The van der Waals surface area contributed by atoms with Gasteiger partial charge >= 0.3 is 0 Å². The van der Waals surface area contributed by atoms with Crippen LogP contribution in [0.25, 0.3) is 0 Å². The van der Waals surface area contributed by atoms with Crippen LogP contribution in [0.5, 0.6) is 0 Å². The molecule has 0 atom stereocenters. The summed E-state index contributed by atoms with van der Waals surface area (Å²) in [6, 6.07) is 0. The lowest BCUT2D eigenvalue weighted by Gasteiger charge is -1.81. The maximum atomic E-state index is 10.0. The lowest BCUT2D eigenvalue weighted by molar-refractivity contribution is -0.125. The zero-order chi connectivity index (χ0) is 31.2. The maximum absolute atomic E-state index is 10.0. The van der Waals surface area contributed by atoms with Gasteiger partial charge in [-0.25, -0.2) is 0 Å². The highest BCUT2D eigenvalue weighted by molar-refractivity contribution is 5.96. The number of rotatable bonds is 10. The van der Waals surface area contributed by atoms with Crippen LogP contribution in [-0.4, -0.2) is 68.4 Å². The Labute approximate surface area is 313 Å². The van der Waals surface area contributed by atoms with Gasteiger partial charge in [0.2, 0.25) is 0 Å². The van der Waals surface area contributed by atoms with Crippen molar-refractivity contribution in [3.8, 4) is 0 Å². The molecule has 0 aromatic carbocycles. The minimum Gasteiger partial charge on any atom is -0.385 e. The van der Waals surface area contributed by atoms with Gasteiger partial charge in [0, 0.05) is 33.7 Å². The molecule has 49 heavy (non-hydrogen) atoms. The summed E-state index contributed by atoms with van der Waals surface area (Å²) in [5.74, 6) is 0.389. The Balaban J connectivity index is -0.0000000122. The van der Waals surface area contributed by atoms with Crippen LogP contribution in [0.4, 0.5) is 0 Å². The monoisotopic (exact) mass is 725 g/mol. The molecule has 0 bridgehead atoms. The molecule has 0 aliphatic rings. The summed E-state index contributed by atoms with van der Waals surface area (Å²) in [5, 5.41) is 0. The van der Waals surface area contributed by atoms with E-state index in [1.54, 1.807) is 40.2 Å². The number of Topliss-reactive ketones (excluding diaryl/α,β-unsaturated/α-hetero) is 6. The molecule has 0 spiro atoms. The van der Waals surface area contributed by atoms with Gasteiger partial charge in [-0.05, 0) is 55.4 Å². The molecule has 0 N–H and O–H groups in total. The number of allylic oxidation sites excluding steroid dienone is 1. The van der Waals surface area contributed by atoms with Gasteiger partial charge in [-0.15, -0.1) is 13.2 Å². The van der Waals surface area contributed by atoms with Crippen molar-refractivity contribution in [3.05, 3.63) is 25.3 Å². The first-order valence-corrected chi connectivity index (χ1v) is 11.6. The zero-order valence-corrected chi connectivity index (χ0v) is 25.1. The Morgan fingerprint density at radius 2 is 0.735 bits per heavy atom. The molecule has 0 saturated carbocycles. The van der Waals surface area contributed by atoms with Gasteiger partial charge in [0.1, 0.15) is 41.0 Å². The minimum atomic E-state index is -0.0787. The van der Waals surface area contributed by atoms with Gasteiger partial charge in [0.15, 0.2) is 0 Å². The van der Waals surface area contributed by atoms with Gasteiger partial charge in [-0.3, -0.25) is 19.2 Å². The zero-order valence-electron chi connectivity index (χ0n) is 25.1. The number of aldehydes is 1. The summed E-state index contributed by atoms with van der Waals surface area (Å²) in [6.07, 6.45) is 5.21. The van der Waals surface area contributed by atoms with Crippen LogP contribution >= 0.6 is 0 Å². The Hall–Kier alpha value is -2.91. The predicted octanol–water partition coefficient (Wildman–Crippen LogP) is 12.6. The number of methoxy groups -OCH3 is 2. The van der Waals surface area contributed by atoms with Crippen LogP contribution in [0.1, 0.15) is 177 Å². The first kappa shape index (κ1) is 128. The van der Waals surface area contributed by atoms with Crippen LogP contribution in [0.15, 0.2) is 25.3 Å². The molecule has 314 valence electrons. The van der Waals surface area contributed by atoms with E-state index in [9.17, 15) is 33.6 Å². The first-order valence-electron chi connectivity index (χ1n) is 11.6.